The number of nitrogens with two attached hydrogens (primary N) is 1. The maximum Gasteiger partial charge on any atom is 0.159 e. The molecule has 1 unspecified atom stereocenters. The Morgan fingerprint density at radius 1 is 0.390 bits per heavy atom. The quantitative estimate of drug-likeness (QED) is 0.144. The van der Waals surface area contributed by atoms with Gasteiger partial charge in [0.1, 0.15) is 0 Å². The molecule has 0 saturated heterocycles. The van der Waals surface area contributed by atoms with Crippen molar-refractivity contribution in [2.24, 2.45) is 15.7 Å². The Bertz CT molecular complexity index is 4270. The summed E-state index contributed by atoms with van der Waals surface area (Å²) in [6.45, 7) is 17.4. The zero-order chi connectivity index (χ0) is 56.0. The van der Waals surface area contributed by atoms with Gasteiger partial charge in [-0.05, 0) is 172 Å². The molecule has 396 valence electrons. The first-order chi connectivity index (χ1) is 40.1. The van der Waals surface area contributed by atoms with Gasteiger partial charge in [-0.3, -0.25) is 15.7 Å². The SMILES string of the molecule is C=NC(N)(c1ccc(-c2ccccc2)cc1)c1ccc2c(c1)C(C)(C)c1ccccc1-2.C=NCc1ccc2c(c1)C1(c3cc(-c4ccccc4C)c(CCC)cc3-2)c2ccccc2C2(c3ccccc3-c3ccccc32)c2ccccc21. The normalized spacial score (nSPS) is 15.0. The van der Waals surface area contributed by atoms with Crippen molar-refractivity contribution in [1.82, 2.24) is 0 Å². The molecule has 0 fully saturated rings. The van der Waals surface area contributed by atoms with Crippen molar-refractivity contribution in [3.63, 3.8) is 0 Å². The van der Waals surface area contributed by atoms with E-state index in [2.05, 4.69) is 282 Å². The first-order valence-electron chi connectivity index (χ1n) is 29.0. The number of benzene rings is 11. The minimum atomic E-state index is -1.00. The lowest BCUT2D eigenvalue weighted by Gasteiger charge is -2.49. The van der Waals surface area contributed by atoms with Gasteiger partial charge in [-0.1, -0.05) is 270 Å². The van der Waals surface area contributed by atoms with Crippen LogP contribution in [0.25, 0.3) is 55.6 Å². The number of hydrogen-bond acceptors (Lipinski definition) is 3. The van der Waals surface area contributed by atoms with E-state index < -0.39 is 16.5 Å². The Morgan fingerprint density at radius 3 is 1.41 bits per heavy atom. The fourth-order valence-corrected chi connectivity index (χ4v) is 15.1. The molecule has 3 nitrogen and oxygen atoms in total. The number of hydrogen-bond donors (Lipinski definition) is 1. The van der Waals surface area contributed by atoms with Crippen LogP contribution in [0, 0.1) is 6.92 Å². The van der Waals surface area contributed by atoms with Crippen LogP contribution in [0.5, 0.6) is 0 Å². The van der Waals surface area contributed by atoms with Crippen molar-refractivity contribution in [1.29, 1.82) is 0 Å². The third-order valence-corrected chi connectivity index (χ3v) is 18.8. The molecule has 82 heavy (non-hydrogen) atoms. The zero-order valence-corrected chi connectivity index (χ0v) is 47.2. The van der Waals surface area contributed by atoms with E-state index in [4.69, 9.17) is 5.73 Å². The monoisotopic (exact) mass is 1060 g/mol. The van der Waals surface area contributed by atoms with Gasteiger partial charge in [-0.15, -0.1) is 0 Å². The second kappa shape index (κ2) is 19.5. The van der Waals surface area contributed by atoms with E-state index in [0.29, 0.717) is 6.54 Å². The summed E-state index contributed by atoms with van der Waals surface area (Å²) >= 11 is 0. The Morgan fingerprint density at radius 2 is 0.841 bits per heavy atom. The lowest BCUT2D eigenvalue weighted by atomic mass is 9.52. The molecule has 15 rings (SSSR count). The summed E-state index contributed by atoms with van der Waals surface area (Å²) in [5.41, 5.74) is 37.0. The summed E-state index contributed by atoms with van der Waals surface area (Å²) < 4.78 is 0. The van der Waals surface area contributed by atoms with Crippen LogP contribution in [0.15, 0.2) is 259 Å². The van der Waals surface area contributed by atoms with Gasteiger partial charge in [-0.2, -0.15) is 0 Å². The van der Waals surface area contributed by atoms with Gasteiger partial charge in [0.05, 0.1) is 17.4 Å². The highest BCUT2D eigenvalue weighted by molar-refractivity contribution is 5.95. The smallest absolute Gasteiger partial charge is 0.159 e. The fraction of sp³-hybridized carbons (Fsp3) is 0.139. The van der Waals surface area contributed by atoms with Gasteiger partial charge in [0.25, 0.3) is 0 Å². The molecule has 1 atom stereocenters. The molecule has 2 spiro atoms. The van der Waals surface area contributed by atoms with E-state index in [0.717, 1.165) is 29.5 Å². The van der Waals surface area contributed by atoms with E-state index in [-0.39, 0.29) is 5.41 Å². The molecular formula is C79H65N3. The average Bonchev–Trinajstić information content (AvgIpc) is 1.46. The second-order valence-corrected chi connectivity index (χ2v) is 23.4. The molecule has 0 saturated carbocycles. The van der Waals surface area contributed by atoms with Gasteiger partial charge in [0.15, 0.2) is 5.66 Å². The van der Waals surface area contributed by atoms with Crippen LogP contribution < -0.4 is 5.73 Å². The number of rotatable bonds is 9. The summed E-state index contributed by atoms with van der Waals surface area (Å²) in [5, 5.41) is 0. The topological polar surface area (TPSA) is 50.7 Å². The third-order valence-electron chi connectivity index (χ3n) is 18.8. The Labute approximate surface area is 483 Å². The molecule has 0 radical (unpaired) electrons. The number of nitrogens with zero attached hydrogens (tertiary/aromatic N) is 2. The molecule has 4 aliphatic rings. The predicted octanol–water partition coefficient (Wildman–Crippen LogP) is 18.4. The van der Waals surface area contributed by atoms with Crippen LogP contribution in [-0.2, 0) is 34.9 Å². The highest BCUT2D eigenvalue weighted by Gasteiger charge is 2.59. The van der Waals surface area contributed by atoms with Gasteiger partial charge in [-0.25, -0.2) is 0 Å². The minimum absolute atomic E-state index is 0.0822. The second-order valence-electron chi connectivity index (χ2n) is 23.4. The predicted molar refractivity (Wildman–Crippen MR) is 342 cm³/mol. The molecule has 0 heterocycles. The van der Waals surface area contributed by atoms with Crippen molar-refractivity contribution in [2.75, 3.05) is 0 Å². The molecule has 0 amide bonds. The van der Waals surface area contributed by atoms with E-state index in [9.17, 15) is 0 Å². The molecule has 0 aromatic heterocycles. The molecular weight excluding hydrogens is 991 g/mol. The van der Waals surface area contributed by atoms with Gasteiger partial charge in [0, 0.05) is 5.41 Å². The summed E-state index contributed by atoms with van der Waals surface area (Å²) in [5.74, 6) is 0. The molecule has 2 N–H and O–H groups in total. The molecule has 11 aromatic rings. The first-order valence-corrected chi connectivity index (χ1v) is 29.0. The fourth-order valence-electron chi connectivity index (χ4n) is 15.1. The molecule has 11 aromatic carbocycles. The van der Waals surface area contributed by atoms with E-state index in [1.807, 2.05) is 18.2 Å². The van der Waals surface area contributed by atoms with Crippen molar-refractivity contribution in [3.8, 4) is 55.6 Å². The van der Waals surface area contributed by atoms with Crippen molar-refractivity contribution in [2.45, 2.75) is 69.0 Å². The maximum absolute atomic E-state index is 6.89. The van der Waals surface area contributed by atoms with E-state index >= 15 is 0 Å². The van der Waals surface area contributed by atoms with E-state index in [1.54, 1.807) is 0 Å². The Balaban J connectivity index is 0.000000166. The standard InChI is InChI=1S/C50H39N.C29H26N2/c1-4-15-34-29-40-38-27-26-33(31-51-3)28-47(38)50(48(40)30-39(34)35-17-6-5-16-32(35)2)45-24-13-11-22-43(45)49(44-23-12-14-25-46(44)50)41-20-9-7-18-36(41)37-19-8-10-21-42(37)49;1-28(2)26-12-8-7-11-24(26)25-18-17-23(19-27(25)28)29(30,31-3)22-15-13-21(14-16-22)20-9-5-4-6-10-20/h5-14,16-30H,3-4,15,31H2,1-2H3;4-19H,3,30H2,1-2H3. The maximum atomic E-state index is 6.89. The van der Waals surface area contributed by atoms with Crippen LogP contribution in [0.1, 0.15) is 111 Å². The van der Waals surface area contributed by atoms with Gasteiger partial charge in [0.2, 0.25) is 0 Å². The molecule has 4 aliphatic carbocycles. The van der Waals surface area contributed by atoms with E-state index in [1.165, 1.54) is 122 Å². The summed E-state index contributed by atoms with van der Waals surface area (Å²) in [6.07, 6.45) is 2.12. The molecule has 0 aliphatic heterocycles. The van der Waals surface area contributed by atoms with Crippen LogP contribution in [-0.4, -0.2) is 13.4 Å². The van der Waals surface area contributed by atoms with Crippen molar-refractivity contribution in [3.05, 3.63) is 332 Å². The summed E-state index contributed by atoms with van der Waals surface area (Å²) in [4.78, 5) is 8.78. The van der Waals surface area contributed by atoms with Crippen molar-refractivity contribution < 1.29 is 0 Å². The highest BCUT2D eigenvalue weighted by atomic mass is 15.0. The Hall–Kier alpha value is -9.28. The van der Waals surface area contributed by atoms with Crippen molar-refractivity contribution >= 4 is 13.4 Å². The number of fused-ring (bicyclic) bond motifs is 19. The Kier molecular flexibility index (Phi) is 12.1. The zero-order valence-electron chi connectivity index (χ0n) is 47.2. The van der Waals surface area contributed by atoms with Gasteiger partial charge < -0.3 is 0 Å². The molecule has 0 bridgehead atoms. The number of aryl methyl sites for hydroxylation is 2. The first kappa shape index (κ1) is 50.9. The van der Waals surface area contributed by atoms with Crippen LogP contribution in [0.2, 0.25) is 0 Å². The van der Waals surface area contributed by atoms with Gasteiger partial charge >= 0.3 is 0 Å². The molecule has 3 heteroatoms. The summed E-state index contributed by atoms with van der Waals surface area (Å²) in [6, 6.07) is 91.8. The summed E-state index contributed by atoms with van der Waals surface area (Å²) in [7, 11) is 0. The minimum Gasteiger partial charge on any atom is -0.300 e. The third kappa shape index (κ3) is 7.25. The largest absolute Gasteiger partial charge is 0.300 e. The van der Waals surface area contributed by atoms with Crippen LogP contribution in [0.3, 0.4) is 0 Å². The lowest BCUT2D eigenvalue weighted by molar-refractivity contribution is 0.572. The number of aliphatic imine (C=N–C) groups is 2. The lowest BCUT2D eigenvalue weighted by Crippen LogP contribution is -2.43. The van der Waals surface area contributed by atoms with Crippen LogP contribution in [0.4, 0.5) is 0 Å². The van der Waals surface area contributed by atoms with Crippen LogP contribution >= 0.6 is 0 Å². The highest BCUT2D eigenvalue weighted by Crippen LogP contribution is 2.68. The average molecular weight is 1060 g/mol.